The summed E-state index contributed by atoms with van der Waals surface area (Å²) < 4.78 is 52.1. The van der Waals surface area contributed by atoms with Crippen LogP contribution >= 0.6 is 0 Å². The lowest BCUT2D eigenvalue weighted by atomic mass is 9.80. The van der Waals surface area contributed by atoms with Gasteiger partial charge in [-0.2, -0.15) is 0 Å². The van der Waals surface area contributed by atoms with Crippen molar-refractivity contribution in [3.8, 4) is 5.75 Å². The Morgan fingerprint density at radius 1 is 1.09 bits per heavy atom. The second-order valence-electron chi connectivity index (χ2n) is 12.7. The average Bonchev–Trinajstić information content (AvgIpc) is 3.61. The number of amides is 1. The first kappa shape index (κ1) is 34.1. The highest BCUT2D eigenvalue weighted by Crippen LogP contribution is 2.33. The number of alkyl carbamates (subject to hydrolysis) is 1. The molecule has 3 N–H and O–H groups in total. The smallest absolute Gasteiger partial charge is 0.407 e. The maximum absolute atomic E-state index is 13.6. The van der Waals surface area contributed by atoms with Crippen molar-refractivity contribution in [2.45, 2.75) is 75.0 Å². The van der Waals surface area contributed by atoms with Gasteiger partial charge in [0.15, 0.2) is 6.29 Å². The number of fused-ring (bicyclic) bond motifs is 1. The fourth-order valence-electron chi connectivity index (χ4n) is 5.75. The highest BCUT2D eigenvalue weighted by atomic mass is 32.2. The first-order chi connectivity index (χ1) is 20.9. The molecule has 2 aliphatic heterocycles. The Bertz CT molecular complexity index is 1310. The summed E-state index contributed by atoms with van der Waals surface area (Å²) in [6.07, 6.45) is -0.768. The van der Waals surface area contributed by atoms with Gasteiger partial charge < -0.3 is 34.3 Å². The SMILES string of the molecule is COc1ccc(S(=O)(=O)NC(CC(C)(C)CCN(C)C)[C@H](O)[C@H](Cc2ccccc2)NC(=O)O[C@H]2CO[C@H]3OCC[C@H]32)cc1. The van der Waals surface area contributed by atoms with E-state index in [9.17, 15) is 18.3 Å². The van der Waals surface area contributed by atoms with Gasteiger partial charge in [-0.1, -0.05) is 44.2 Å². The quantitative estimate of drug-likeness (QED) is 0.270. The molecule has 2 heterocycles. The van der Waals surface area contributed by atoms with E-state index in [1.54, 1.807) is 12.1 Å². The van der Waals surface area contributed by atoms with Gasteiger partial charge in [0.1, 0.15) is 11.9 Å². The molecule has 4 rings (SSSR count). The number of hydrogen-bond donors (Lipinski definition) is 3. The largest absolute Gasteiger partial charge is 0.497 e. The van der Waals surface area contributed by atoms with Crippen molar-refractivity contribution >= 4 is 16.1 Å². The fourth-order valence-corrected chi connectivity index (χ4v) is 7.01. The lowest BCUT2D eigenvalue weighted by Gasteiger charge is -2.36. The van der Waals surface area contributed by atoms with Crippen molar-refractivity contribution < 1.29 is 37.3 Å². The van der Waals surface area contributed by atoms with Crippen molar-refractivity contribution in [1.82, 2.24) is 14.9 Å². The molecule has 0 aliphatic carbocycles. The molecule has 2 fully saturated rings. The number of carbonyl (C=O) groups excluding carboxylic acids is 1. The van der Waals surface area contributed by atoms with Crippen LogP contribution in [0.4, 0.5) is 4.79 Å². The molecule has 244 valence electrons. The molecule has 0 saturated carbocycles. The standard InChI is InChI=1S/C32H47N3O8S/c1-32(2,16-17-35(3)4)20-27(34-44(38,39)24-13-11-23(40-5)12-14-24)29(36)26(19-22-9-7-6-8-10-22)33-31(37)43-28-21-42-30-25(28)15-18-41-30/h6-14,25-30,34,36H,15-21H2,1-5H3,(H,33,37)/t25-,26-,27?,28-,29+,30+/m0/s1. The lowest BCUT2D eigenvalue weighted by molar-refractivity contribution is -0.0907. The lowest BCUT2D eigenvalue weighted by Crippen LogP contribution is -2.56. The van der Waals surface area contributed by atoms with Crippen molar-refractivity contribution in [2.24, 2.45) is 11.3 Å². The first-order valence-corrected chi connectivity index (χ1v) is 16.6. The average molecular weight is 634 g/mol. The number of benzene rings is 2. The zero-order valence-electron chi connectivity index (χ0n) is 26.3. The summed E-state index contributed by atoms with van der Waals surface area (Å²) in [6.45, 7) is 5.66. The van der Waals surface area contributed by atoms with Crippen LogP contribution in [0.1, 0.15) is 38.7 Å². The highest BCUT2D eigenvalue weighted by Gasteiger charge is 2.44. The minimum atomic E-state index is -4.05. The molecular weight excluding hydrogens is 586 g/mol. The van der Waals surface area contributed by atoms with Crippen LogP contribution in [0.15, 0.2) is 59.5 Å². The van der Waals surface area contributed by atoms with Crippen LogP contribution < -0.4 is 14.8 Å². The van der Waals surface area contributed by atoms with Crippen molar-refractivity contribution in [3.63, 3.8) is 0 Å². The van der Waals surface area contributed by atoms with Gasteiger partial charge in [0.25, 0.3) is 0 Å². The van der Waals surface area contributed by atoms with Crippen LogP contribution in [-0.2, 0) is 30.7 Å². The number of nitrogens with one attached hydrogen (secondary N) is 2. The number of carbonyl (C=O) groups is 1. The second kappa shape index (κ2) is 15.0. The number of aliphatic hydroxyl groups excluding tert-OH is 1. The van der Waals surface area contributed by atoms with E-state index < -0.39 is 40.4 Å². The highest BCUT2D eigenvalue weighted by molar-refractivity contribution is 7.89. The molecule has 2 saturated heterocycles. The molecule has 44 heavy (non-hydrogen) atoms. The number of sulfonamides is 1. The molecule has 2 aromatic carbocycles. The molecule has 0 aromatic heterocycles. The zero-order valence-corrected chi connectivity index (χ0v) is 27.1. The van der Waals surface area contributed by atoms with E-state index in [0.29, 0.717) is 18.8 Å². The normalized spacial score (nSPS) is 22.3. The third-order valence-electron chi connectivity index (χ3n) is 8.35. The zero-order chi connectivity index (χ0) is 31.9. The molecule has 1 unspecified atom stereocenters. The number of methoxy groups -OCH3 is 1. The predicted molar refractivity (Wildman–Crippen MR) is 166 cm³/mol. The van der Waals surface area contributed by atoms with Gasteiger partial charge in [-0.3, -0.25) is 0 Å². The summed E-state index contributed by atoms with van der Waals surface area (Å²) in [5.41, 5.74) is 0.517. The Morgan fingerprint density at radius 3 is 2.45 bits per heavy atom. The number of aliphatic hydroxyl groups is 1. The van der Waals surface area contributed by atoms with Crippen LogP contribution in [0, 0.1) is 11.3 Å². The summed E-state index contributed by atoms with van der Waals surface area (Å²) in [7, 11) is 1.42. The molecule has 0 radical (unpaired) electrons. The molecule has 2 aliphatic rings. The molecule has 12 heteroatoms. The molecule has 0 bridgehead atoms. The number of nitrogens with zero attached hydrogens (tertiary/aromatic N) is 1. The van der Waals surface area contributed by atoms with Crippen LogP contribution in [-0.4, -0.2) is 96.1 Å². The maximum atomic E-state index is 13.6. The van der Waals surface area contributed by atoms with Gasteiger partial charge in [-0.25, -0.2) is 17.9 Å². The predicted octanol–water partition coefficient (Wildman–Crippen LogP) is 3.17. The van der Waals surface area contributed by atoms with E-state index in [1.165, 1.54) is 19.2 Å². The third kappa shape index (κ3) is 9.38. The van der Waals surface area contributed by atoms with E-state index >= 15 is 0 Å². The van der Waals surface area contributed by atoms with E-state index in [2.05, 4.69) is 14.9 Å². The topological polar surface area (TPSA) is 136 Å². The molecule has 6 atom stereocenters. The van der Waals surface area contributed by atoms with Crippen LogP contribution in [0.5, 0.6) is 5.75 Å². The number of rotatable bonds is 15. The molecular formula is C32H47N3O8S. The third-order valence-corrected chi connectivity index (χ3v) is 9.86. The fraction of sp³-hybridized carbons (Fsp3) is 0.594. The summed E-state index contributed by atoms with van der Waals surface area (Å²) >= 11 is 0. The van der Waals surface area contributed by atoms with E-state index in [1.807, 2.05) is 58.3 Å². The van der Waals surface area contributed by atoms with Crippen LogP contribution in [0.2, 0.25) is 0 Å². The Morgan fingerprint density at radius 2 is 1.80 bits per heavy atom. The molecule has 11 nitrogen and oxygen atoms in total. The summed E-state index contributed by atoms with van der Waals surface area (Å²) in [5, 5.41) is 14.8. The van der Waals surface area contributed by atoms with Gasteiger partial charge in [-0.05, 0) is 81.6 Å². The van der Waals surface area contributed by atoms with Gasteiger partial charge in [0, 0.05) is 0 Å². The van der Waals surface area contributed by atoms with Crippen molar-refractivity contribution in [2.75, 3.05) is 41.0 Å². The molecule has 0 spiro atoms. The van der Waals surface area contributed by atoms with Gasteiger partial charge in [0.05, 0.1) is 49.3 Å². The van der Waals surface area contributed by atoms with Crippen LogP contribution in [0.3, 0.4) is 0 Å². The Labute approximate surface area is 261 Å². The first-order valence-electron chi connectivity index (χ1n) is 15.1. The summed E-state index contributed by atoms with van der Waals surface area (Å²) in [6, 6.07) is 13.7. The number of hydrogen-bond acceptors (Lipinski definition) is 9. The second-order valence-corrected chi connectivity index (χ2v) is 14.4. The van der Waals surface area contributed by atoms with Crippen LogP contribution in [0.25, 0.3) is 0 Å². The molecule has 1 amide bonds. The number of ether oxygens (including phenoxy) is 4. The van der Waals surface area contributed by atoms with Gasteiger partial charge in [-0.15, -0.1) is 0 Å². The Kier molecular flexibility index (Phi) is 11.7. The Hall–Kier alpha value is -2.74. The van der Waals surface area contributed by atoms with Crippen molar-refractivity contribution in [3.05, 3.63) is 60.2 Å². The summed E-state index contributed by atoms with van der Waals surface area (Å²) in [4.78, 5) is 15.4. The van der Waals surface area contributed by atoms with Gasteiger partial charge in [0.2, 0.25) is 10.0 Å². The minimum absolute atomic E-state index is 0.0419. The molecule has 2 aromatic rings. The van der Waals surface area contributed by atoms with E-state index in [0.717, 1.165) is 24.9 Å². The van der Waals surface area contributed by atoms with E-state index in [4.69, 9.17) is 18.9 Å². The summed E-state index contributed by atoms with van der Waals surface area (Å²) in [5.74, 6) is 0.485. The maximum Gasteiger partial charge on any atom is 0.407 e. The van der Waals surface area contributed by atoms with Crippen molar-refractivity contribution in [1.29, 1.82) is 0 Å². The monoisotopic (exact) mass is 633 g/mol. The van der Waals surface area contributed by atoms with E-state index in [-0.39, 0.29) is 35.5 Å². The Balaban J connectivity index is 1.59. The van der Waals surface area contributed by atoms with Gasteiger partial charge >= 0.3 is 6.09 Å². The minimum Gasteiger partial charge on any atom is -0.497 e.